The lowest BCUT2D eigenvalue weighted by molar-refractivity contribution is -0.131. The molecule has 1 saturated carbocycles. The minimum absolute atomic E-state index is 0.162. The van der Waals surface area contributed by atoms with Gasteiger partial charge in [-0.3, -0.25) is 4.79 Å². The average Bonchev–Trinajstić information content (AvgIpc) is 2.72. The van der Waals surface area contributed by atoms with E-state index in [2.05, 4.69) is 4.99 Å². The molecule has 0 aromatic carbocycles. The van der Waals surface area contributed by atoms with Crippen LogP contribution in [0.2, 0.25) is 0 Å². The Labute approximate surface area is 149 Å². The first kappa shape index (κ1) is 19.9. The largest absolute Gasteiger partial charge is 0.379 e. The predicted octanol–water partition coefficient (Wildman–Crippen LogP) is 3.80. The second-order valence-electron chi connectivity index (χ2n) is 6.58. The van der Waals surface area contributed by atoms with E-state index in [9.17, 15) is 4.79 Å². The van der Waals surface area contributed by atoms with Crippen LogP contribution in [-0.2, 0) is 19.0 Å². The van der Waals surface area contributed by atoms with E-state index in [0.717, 1.165) is 11.5 Å². The fraction of sp³-hybridized carbons (Fsp3) is 0.889. The van der Waals surface area contributed by atoms with Crippen molar-refractivity contribution in [2.45, 2.75) is 63.7 Å². The Kier molecular flexibility index (Phi) is 8.73. The maximum atomic E-state index is 12.2. The predicted molar refractivity (Wildman–Crippen MR) is 97.5 cm³/mol. The van der Waals surface area contributed by atoms with Crippen molar-refractivity contribution in [1.82, 2.24) is 0 Å². The number of carbonyl (C=O) groups excluding carboxylic acids is 1. The molecule has 0 aromatic heterocycles. The Morgan fingerprint density at radius 2 is 1.75 bits per heavy atom. The molecule has 138 valence electrons. The number of aliphatic imine (C=N–C) groups is 1. The molecule has 1 unspecified atom stereocenters. The summed E-state index contributed by atoms with van der Waals surface area (Å²) in [6, 6.07) is 0. The average molecular weight is 358 g/mol. The van der Waals surface area contributed by atoms with Gasteiger partial charge >= 0.3 is 0 Å². The number of thioether (sulfide) groups is 1. The smallest absolute Gasteiger partial charge is 0.289 e. The second-order valence-corrected chi connectivity index (χ2v) is 8.03. The normalized spacial score (nSPS) is 25.8. The fourth-order valence-corrected chi connectivity index (χ4v) is 4.33. The molecule has 2 aliphatic rings. The summed E-state index contributed by atoms with van der Waals surface area (Å²) >= 11 is 1.49. The van der Waals surface area contributed by atoms with Gasteiger partial charge in [-0.1, -0.05) is 50.3 Å². The van der Waals surface area contributed by atoms with E-state index in [4.69, 9.17) is 14.2 Å². The third-order valence-electron chi connectivity index (χ3n) is 4.55. The van der Waals surface area contributed by atoms with Gasteiger partial charge in [-0.25, -0.2) is 4.99 Å². The minimum atomic E-state index is -0.872. The van der Waals surface area contributed by atoms with E-state index in [0.29, 0.717) is 39.0 Å². The van der Waals surface area contributed by atoms with Crippen LogP contribution in [-0.4, -0.2) is 48.9 Å². The van der Waals surface area contributed by atoms with E-state index >= 15 is 0 Å². The van der Waals surface area contributed by atoms with Crippen molar-refractivity contribution < 1.29 is 19.0 Å². The first-order valence-corrected chi connectivity index (χ1v) is 10.1. The maximum Gasteiger partial charge on any atom is 0.289 e. The monoisotopic (exact) mass is 357 g/mol. The van der Waals surface area contributed by atoms with Crippen LogP contribution in [0.1, 0.15) is 58.8 Å². The summed E-state index contributed by atoms with van der Waals surface area (Å²) < 4.78 is 16.4. The quantitative estimate of drug-likeness (QED) is 0.440. The first-order chi connectivity index (χ1) is 11.6. The summed E-state index contributed by atoms with van der Waals surface area (Å²) in [4.78, 5) is 15.6. The van der Waals surface area contributed by atoms with Crippen LogP contribution in [0.5, 0.6) is 0 Å². The summed E-state index contributed by atoms with van der Waals surface area (Å²) in [6.07, 6.45) is 8.77. The van der Waals surface area contributed by atoms with E-state index in [1.165, 1.54) is 50.3 Å². The van der Waals surface area contributed by atoms with Crippen molar-refractivity contribution in [3.8, 4) is 0 Å². The molecule has 1 aliphatic carbocycles. The summed E-state index contributed by atoms with van der Waals surface area (Å²) in [7, 11) is 0. The molecule has 0 aromatic rings. The van der Waals surface area contributed by atoms with Crippen molar-refractivity contribution in [2.24, 2.45) is 10.9 Å². The molecule has 0 N–H and O–H groups in total. The Hall–Kier alpha value is -0.430. The van der Waals surface area contributed by atoms with E-state index in [-0.39, 0.29) is 5.91 Å². The van der Waals surface area contributed by atoms with Gasteiger partial charge in [-0.15, -0.1) is 0 Å². The highest BCUT2D eigenvalue weighted by Crippen LogP contribution is 2.38. The van der Waals surface area contributed by atoms with Gasteiger partial charge in [-0.05, 0) is 26.2 Å². The number of rotatable bonds is 10. The second kappa shape index (κ2) is 10.5. The van der Waals surface area contributed by atoms with Gasteiger partial charge < -0.3 is 14.2 Å². The SMILES string of the molecule is CCOCCOCCOC1(C)SC(CC2CCCCCC2)=NC1=O. The zero-order valence-corrected chi connectivity index (χ0v) is 15.9. The Bertz CT molecular complexity index is 421. The molecule has 0 spiro atoms. The number of hydrogen-bond acceptors (Lipinski definition) is 5. The Morgan fingerprint density at radius 3 is 2.46 bits per heavy atom. The maximum absolute atomic E-state index is 12.2. The van der Waals surface area contributed by atoms with E-state index in [1.807, 2.05) is 13.8 Å². The molecule has 6 heteroatoms. The minimum Gasteiger partial charge on any atom is -0.379 e. The number of amides is 1. The van der Waals surface area contributed by atoms with Crippen LogP contribution in [0.3, 0.4) is 0 Å². The Balaban J connectivity index is 1.67. The third kappa shape index (κ3) is 6.47. The van der Waals surface area contributed by atoms with Crippen LogP contribution < -0.4 is 0 Å². The molecular weight excluding hydrogens is 326 g/mol. The lowest BCUT2D eigenvalue weighted by Crippen LogP contribution is -2.32. The number of hydrogen-bond donors (Lipinski definition) is 0. The molecule has 5 nitrogen and oxygen atoms in total. The van der Waals surface area contributed by atoms with E-state index in [1.54, 1.807) is 0 Å². The molecule has 1 aliphatic heterocycles. The highest BCUT2D eigenvalue weighted by atomic mass is 32.2. The molecule has 0 bridgehead atoms. The van der Waals surface area contributed by atoms with Gasteiger partial charge in [0.2, 0.25) is 0 Å². The van der Waals surface area contributed by atoms with E-state index < -0.39 is 4.93 Å². The van der Waals surface area contributed by atoms with Crippen molar-refractivity contribution in [3.63, 3.8) is 0 Å². The Morgan fingerprint density at radius 1 is 1.08 bits per heavy atom. The summed E-state index contributed by atoms with van der Waals surface area (Å²) in [5, 5.41) is 0.951. The van der Waals surface area contributed by atoms with Gasteiger partial charge in [-0.2, -0.15) is 0 Å². The van der Waals surface area contributed by atoms with Crippen molar-refractivity contribution in [2.75, 3.05) is 33.0 Å². The highest BCUT2D eigenvalue weighted by Gasteiger charge is 2.42. The molecule has 1 fully saturated rings. The van der Waals surface area contributed by atoms with Crippen molar-refractivity contribution in [3.05, 3.63) is 0 Å². The van der Waals surface area contributed by atoms with Gasteiger partial charge in [0.05, 0.1) is 31.5 Å². The molecule has 1 heterocycles. The number of nitrogens with zero attached hydrogens (tertiary/aromatic N) is 1. The first-order valence-electron chi connectivity index (χ1n) is 9.24. The molecule has 0 radical (unpaired) electrons. The van der Waals surface area contributed by atoms with Crippen molar-refractivity contribution in [1.29, 1.82) is 0 Å². The van der Waals surface area contributed by atoms with Gasteiger partial charge in [0, 0.05) is 6.61 Å². The zero-order chi connectivity index (χ0) is 17.3. The topological polar surface area (TPSA) is 57.1 Å². The van der Waals surface area contributed by atoms with Crippen LogP contribution in [0.15, 0.2) is 4.99 Å². The van der Waals surface area contributed by atoms with Crippen LogP contribution in [0, 0.1) is 5.92 Å². The van der Waals surface area contributed by atoms with Gasteiger partial charge in [0.1, 0.15) is 0 Å². The number of ether oxygens (including phenoxy) is 3. The fourth-order valence-electron chi connectivity index (χ4n) is 3.16. The van der Waals surface area contributed by atoms with Crippen molar-refractivity contribution >= 4 is 22.7 Å². The molecule has 1 atom stereocenters. The molecule has 2 rings (SSSR count). The summed E-state index contributed by atoms with van der Waals surface area (Å²) in [5.41, 5.74) is 0. The highest BCUT2D eigenvalue weighted by molar-refractivity contribution is 8.16. The number of carbonyl (C=O) groups is 1. The summed E-state index contributed by atoms with van der Waals surface area (Å²) in [5.74, 6) is 0.515. The zero-order valence-electron chi connectivity index (χ0n) is 15.1. The van der Waals surface area contributed by atoms with Gasteiger partial charge in [0.25, 0.3) is 5.91 Å². The summed E-state index contributed by atoms with van der Waals surface area (Å²) in [6.45, 7) is 6.49. The van der Waals surface area contributed by atoms with Crippen LogP contribution >= 0.6 is 11.8 Å². The van der Waals surface area contributed by atoms with Crippen LogP contribution in [0.4, 0.5) is 0 Å². The standard InChI is InChI=1S/C18H31NO4S/c1-3-21-10-11-22-12-13-23-18(2)17(20)19-16(24-18)14-15-8-6-4-5-7-9-15/h15H,3-14H2,1-2H3. The lowest BCUT2D eigenvalue weighted by atomic mass is 9.97. The molecular formula is C18H31NO4S. The lowest BCUT2D eigenvalue weighted by Gasteiger charge is -2.21. The molecule has 1 amide bonds. The molecule has 0 saturated heterocycles. The van der Waals surface area contributed by atoms with Gasteiger partial charge in [0.15, 0.2) is 4.93 Å². The van der Waals surface area contributed by atoms with Crippen LogP contribution in [0.25, 0.3) is 0 Å². The third-order valence-corrected chi connectivity index (χ3v) is 5.72. The molecule has 24 heavy (non-hydrogen) atoms.